The van der Waals surface area contributed by atoms with E-state index < -0.39 is 0 Å². The van der Waals surface area contributed by atoms with Crippen molar-refractivity contribution in [1.82, 2.24) is 10.2 Å². The molecule has 2 N–H and O–H groups in total. The van der Waals surface area contributed by atoms with Gasteiger partial charge >= 0.3 is 0 Å². The molecule has 1 rings (SSSR count). The van der Waals surface area contributed by atoms with Gasteiger partial charge in [0.2, 0.25) is 0 Å². The van der Waals surface area contributed by atoms with Gasteiger partial charge in [-0.25, -0.2) is 0 Å². The Morgan fingerprint density at radius 1 is 1.15 bits per heavy atom. The zero-order valence-corrected chi connectivity index (χ0v) is 13.4. The van der Waals surface area contributed by atoms with E-state index in [9.17, 15) is 5.11 Å². The molecule has 20 heavy (non-hydrogen) atoms. The molecule has 1 aromatic rings. The molecule has 3 heteroatoms. The highest BCUT2D eigenvalue weighted by atomic mass is 16.3. The zero-order chi connectivity index (χ0) is 15.0. The highest BCUT2D eigenvalue weighted by molar-refractivity contribution is 5.25. The maximum Gasteiger partial charge on any atom is 0.0797 e. The molecular formula is C17H30N2O. The molecule has 1 aromatic carbocycles. The van der Waals surface area contributed by atoms with E-state index in [0.29, 0.717) is 6.04 Å². The fourth-order valence-electron chi connectivity index (χ4n) is 3.01. The molecule has 0 aliphatic carbocycles. The number of nitrogens with zero attached hydrogens (tertiary/aromatic N) is 1. The van der Waals surface area contributed by atoms with Crippen LogP contribution in [0.5, 0.6) is 0 Å². The molecule has 0 saturated heterocycles. The quantitative estimate of drug-likeness (QED) is 0.729. The van der Waals surface area contributed by atoms with E-state index in [2.05, 4.69) is 50.2 Å². The minimum atomic E-state index is -0.382. The van der Waals surface area contributed by atoms with Crippen LogP contribution in [0.2, 0.25) is 0 Å². The molecule has 0 aliphatic heterocycles. The van der Waals surface area contributed by atoms with E-state index in [1.807, 2.05) is 18.2 Å². The first kappa shape index (κ1) is 17.2. The Morgan fingerprint density at radius 3 is 2.20 bits per heavy atom. The van der Waals surface area contributed by atoms with Crippen molar-refractivity contribution < 1.29 is 5.11 Å². The Balaban J connectivity index is 3.00. The third-order valence-corrected chi connectivity index (χ3v) is 4.20. The summed E-state index contributed by atoms with van der Waals surface area (Å²) in [4.78, 5) is 2.37. The summed E-state index contributed by atoms with van der Waals surface area (Å²) >= 11 is 0. The summed E-state index contributed by atoms with van der Waals surface area (Å²) in [6.45, 7) is 8.29. The average Bonchev–Trinajstić information content (AvgIpc) is 2.49. The Labute approximate surface area is 124 Å². The Bertz CT molecular complexity index is 365. The van der Waals surface area contributed by atoms with Crippen molar-refractivity contribution in [3.8, 4) is 0 Å². The van der Waals surface area contributed by atoms with E-state index >= 15 is 0 Å². The van der Waals surface area contributed by atoms with Gasteiger partial charge in [-0.15, -0.1) is 0 Å². The number of likely N-dealkylation sites (N-methyl/N-ethyl adjacent to an activating group) is 2. The van der Waals surface area contributed by atoms with Crippen molar-refractivity contribution in [3.05, 3.63) is 35.9 Å². The number of aliphatic hydroxyl groups is 1. The molecule has 1 unspecified atom stereocenters. The summed E-state index contributed by atoms with van der Waals surface area (Å²) in [5, 5.41) is 13.6. The summed E-state index contributed by atoms with van der Waals surface area (Å²) in [6.07, 6.45) is 2.27. The fraction of sp³-hybridized carbons (Fsp3) is 0.647. The van der Waals surface area contributed by atoms with Gasteiger partial charge < -0.3 is 15.3 Å². The Morgan fingerprint density at radius 2 is 1.75 bits per heavy atom. The molecule has 114 valence electrons. The minimum Gasteiger partial charge on any atom is -0.394 e. The molecule has 0 spiro atoms. The van der Waals surface area contributed by atoms with Gasteiger partial charge in [0.25, 0.3) is 0 Å². The van der Waals surface area contributed by atoms with Crippen LogP contribution in [0, 0.1) is 0 Å². The molecule has 0 aliphatic rings. The Hall–Kier alpha value is -0.900. The first-order valence-corrected chi connectivity index (χ1v) is 7.75. The summed E-state index contributed by atoms with van der Waals surface area (Å²) in [5.41, 5.74) is 0.773. The highest BCUT2D eigenvalue weighted by Crippen LogP contribution is 2.23. The van der Waals surface area contributed by atoms with E-state index in [0.717, 1.165) is 31.5 Å². The number of hydrogen-bond acceptors (Lipinski definition) is 3. The van der Waals surface area contributed by atoms with Crippen LogP contribution in [0.4, 0.5) is 0 Å². The summed E-state index contributed by atoms with van der Waals surface area (Å²) in [6, 6.07) is 10.8. The first-order valence-electron chi connectivity index (χ1n) is 7.75. The second kappa shape index (κ2) is 8.40. The van der Waals surface area contributed by atoms with Crippen LogP contribution in [0.3, 0.4) is 0 Å². The summed E-state index contributed by atoms with van der Waals surface area (Å²) < 4.78 is 0. The molecule has 0 aromatic heterocycles. The first-order chi connectivity index (χ1) is 9.63. The van der Waals surface area contributed by atoms with Gasteiger partial charge in [0.1, 0.15) is 0 Å². The SMILES string of the molecule is CCNC(CO)(CN(C)C(CC)CC)c1ccccc1. The monoisotopic (exact) mass is 278 g/mol. The number of hydrogen-bond donors (Lipinski definition) is 2. The standard InChI is InChI=1S/C17H30N2O/c1-5-16(6-2)19(4)13-17(14-20,18-7-3)15-11-9-8-10-12-15/h8-12,16,18,20H,5-7,13-14H2,1-4H3. The summed E-state index contributed by atoms with van der Waals surface area (Å²) in [7, 11) is 2.16. The second-order valence-corrected chi connectivity index (χ2v) is 5.52. The molecule has 0 amide bonds. The number of benzene rings is 1. The van der Waals surface area contributed by atoms with Crippen molar-refractivity contribution in [2.24, 2.45) is 0 Å². The van der Waals surface area contributed by atoms with Gasteiger partial charge in [-0.3, -0.25) is 0 Å². The molecule has 1 atom stereocenters. The molecule has 0 heterocycles. The van der Waals surface area contributed by atoms with Gasteiger partial charge in [-0.05, 0) is 32.0 Å². The molecule has 0 saturated carbocycles. The topological polar surface area (TPSA) is 35.5 Å². The molecule has 0 radical (unpaired) electrons. The normalized spacial score (nSPS) is 14.8. The van der Waals surface area contributed by atoms with Gasteiger partial charge in [0.15, 0.2) is 0 Å². The minimum absolute atomic E-state index is 0.106. The third kappa shape index (κ3) is 4.05. The highest BCUT2D eigenvalue weighted by Gasteiger charge is 2.33. The lowest BCUT2D eigenvalue weighted by molar-refractivity contribution is 0.0968. The van der Waals surface area contributed by atoms with Crippen LogP contribution in [0.25, 0.3) is 0 Å². The van der Waals surface area contributed by atoms with E-state index in [-0.39, 0.29) is 12.1 Å². The van der Waals surface area contributed by atoms with Crippen molar-refractivity contribution in [2.75, 3.05) is 26.7 Å². The number of aliphatic hydroxyl groups excluding tert-OH is 1. The largest absolute Gasteiger partial charge is 0.394 e. The molecular weight excluding hydrogens is 248 g/mol. The smallest absolute Gasteiger partial charge is 0.0797 e. The number of rotatable bonds is 9. The fourth-order valence-corrected chi connectivity index (χ4v) is 3.01. The predicted octanol–water partition coefficient (Wildman–Crippen LogP) is 2.60. The van der Waals surface area contributed by atoms with Crippen LogP contribution >= 0.6 is 0 Å². The van der Waals surface area contributed by atoms with Crippen molar-refractivity contribution in [2.45, 2.75) is 45.2 Å². The van der Waals surface area contributed by atoms with Gasteiger partial charge in [0, 0.05) is 12.6 Å². The van der Waals surface area contributed by atoms with Crippen LogP contribution in [-0.2, 0) is 5.54 Å². The van der Waals surface area contributed by atoms with E-state index in [1.165, 1.54) is 0 Å². The van der Waals surface area contributed by atoms with Gasteiger partial charge in [-0.2, -0.15) is 0 Å². The predicted molar refractivity (Wildman–Crippen MR) is 85.9 cm³/mol. The van der Waals surface area contributed by atoms with Crippen LogP contribution in [0.15, 0.2) is 30.3 Å². The van der Waals surface area contributed by atoms with Crippen LogP contribution < -0.4 is 5.32 Å². The zero-order valence-electron chi connectivity index (χ0n) is 13.4. The average molecular weight is 278 g/mol. The lowest BCUT2D eigenvalue weighted by Gasteiger charge is -2.39. The lowest BCUT2D eigenvalue weighted by Crippen LogP contribution is -2.54. The van der Waals surface area contributed by atoms with Crippen molar-refractivity contribution in [1.29, 1.82) is 0 Å². The maximum atomic E-state index is 10.0. The van der Waals surface area contributed by atoms with Gasteiger partial charge in [0.05, 0.1) is 12.1 Å². The third-order valence-electron chi connectivity index (χ3n) is 4.20. The maximum absolute atomic E-state index is 10.0. The summed E-state index contributed by atoms with van der Waals surface area (Å²) in [5.74, 6) is 0. The van der Waals surface area contributed by atoms with E-state index in [4.69, 9.17) is 0 Å². The molecule has 0 fully saturated rings. The Kier molecular flexibility index (Phi) is 7.20. The van der Waals surface area contributed by atoms with Crippen LogP contribution in [-0.4, -0.2) is 42.8 Å². The lowest BCUT2D eigenvalue weighted by atomic mass is 9.89. The second-order valence-electron chi connectivity index (χ2n) is 5.52. The van der Waals surface area contributed by atoms with Crippen LogP contribution in [0.1, 0.15) is 39.2 Å². The molecule has 3 nitrogen and oxygen atoms in total. The molecule has 0 bridgehead atoms. The van der Waals surface area contributed by atoms with Crippen molar-refractivity contribution >= 4 is 0 Å². The van der Waals surface area contributed by atoms with Crippen molar-refractivity contribution in [3.63, 3.8) is 0 Å². The van der Waals surface area contributed by atoms with Gasteiger partial charge in [-0.1, -0.05) is 51.1 Å². The van der Waals surface area contributed by atoms with E-state index in [1.54, 1.807) is 0 Å². The number of nitrogens with one attached hydrogen (secondary N) is 1.